The lowest BCUT2D eigenvalue weighted by Crippen LogP contribution is -2.05. The summed E-state index contributed by atoms with van der Waals surface area (Å²) in [5.74, 6) is -0.979. The van der Waals surface area contributed by atoms with Gasteiger partial charge in [0.2, 0.25) is 0 Å². The van der Waals surface area contributed by atoms with E-state index in [9.17, 15) is 4.79 Å². The highest BCUT2D eigenvalue weighted by molar-refractivity contribution is 9.08. The van der Waals surface area contributed by atoms with Crippen LogP contribution in [-0.4, -0.2) is 16.1 Å². The first-order valence-electron chi connectivity index (χ1n) is 3.40. The fourth-order valence-electron chi connectivity index (χ4n) is 0.942. The molecular weight excluding hydrogens is 222 g/mol. The van der Waals surface area contributed by atoms with Gasteiger partial charge in [-0.2, -0.15) is 0 Å². The molecule has 64 valence electrons. The van der Waals surface area contributed by atoms with Crippen LogP contribution in [0.3, 0.4) is 0 Å². The van der Waals surface area contributed by atoms with Crippen molar-refractivity contribution in [3.05, 3.63) is 29.1 Å². The Labute approximate surface area is 78.6 Å². The maximum atomic E-state index is 10.6. The van der Waals surface area contributed by atoms with E-state index in [0.717, 1.165) is 11.1 Å². The maximum Gasteiger partial charge on any atom is 0.354 e. The number of alkyl halides is 1. The molecule has 1 heterocycles. The van der Waals surface area contributed by atoms with Crippen LogP contribution in [0.2, 0.25) is 0 Å². The fourth-order valence-corrected chi connectivity index (χ4v) is 1.65. The Hall–Kier alpha value is -0.900. The van der Waals surface area contributed by atoms with Crippen molar-refractivity contribution in [2.45, 2.75) is 12.3 Å². The summed E-state index contributed by atoms with van der Waals surface area (Å²) in [7, 11) is 0. The molecule has 1 N–H and O–H groups in total. The molecule has 0 saturated carbocycles. The van der Waals surface area contributed by atoms with Crippen LogP contribution in [0.1, 0.15) is 21.6 Å². The zero-order valence-electron chi connectivity index (χ0n) is 6.54. The Balaban J connectivity index is 3.27. The van der Waals surface area contributed by atoms with Crippen molar-refractivity contribution in [2.24, 2.45) is 0 Å². The van der Waals surface area contributed by atoms with Crippen LogP contribution >= 0.6 is 15.9 Å². The second-order valence-electron chi connectivity index (χ2n) is 2.39. The molecule has 4 heteroatoms. The third-order valence-corrected chi connectivity index (χ3v) is 2.19. The Morgan fingerprint density at radius 3 is 2.83 bits per heavy atom. The summed E-state index contributed by atoms with van der Waals surface area (Å²) in [6.07, 6.45) is 1.50. The van der Waals surface area contributed by atoms with E-state index in [-0.39, 0.29) is 5.69 Å². The zero-order valence-corrected chi connectivity index (χ0v) is 8.13. The summed E-state index contributed by atoms with van der Waals surface area (Å²) < 4.78 is 0. The first-order chi connectivity index (χ1) is 5.66. The van der Waals surface area contributed by atoms with Gasteiger partial charge in [-0.15, -0.1) is 0 Å². The molecule has 0 atom stereocenters. The minimum absolute atomic E-state index is 0.131. The van der Waals surface area contributed by atoms with Gasteiger partial charge in [0.05, 0.1) is 0 Å². The van der Waals surface area contributed by atoms with E-state index in [1.165, 1.54) is 6.20 Å². The first-order valence-corrected chi connectivity index (χ1v) is 4.52. The first kappa shape index (κ1) is 9.19. The van der Waals surface area contributed by atoms with Gasteiger partial charge in [-0.3, -0.25) is 0 Å². The minimum Gasteiger partial charge on any atom is -0.477 e. The highest BCUT2D eigenvalue weighted by Crippen LogP contribution is 2.14. The number of aromatic nitrogens is 1. The van der Waals surface area contributed by atoms with Gasteiger partial charge in [0.15, 0.2) is 5.69 Å². The third kappa shape index (κ3) is 1.64. The largest absolute Gasteiger partial charge is 0.477 e. The highest BCUT2D eigenvalue weighted by Gasteiger charge is 2.11. The molecule has 0 aliphatic rings. The van der Waals surface area contributed by atoms with Gasteiger partial charge in [-0.25, -0.2) is 9.78 Å². The van der Waals surface area contributed by atoms with Crippen LogP contribution in [0, 0.1) is 6.92 Å². The Kier molecular flexibility index (Phi) is 2.81. The van der Waals surface area contributed by atoms with Gasteiger partial charge in [-0.05, 0) is 24.1 Å². The van der Waals surface area contributed by atoms with E-state index in [2.05, 4.69) is 20.9 Å². The molecule has 0 radical (unpaired) electrons. The second-order valence-corrected chi connectivity index (χ2v) is 2.95. The summed E-state index contributed by atoms with van der Waals surface area (Å²) >= 11 is 3.22. The standard InChI is InChI=1S/C8H8BrNO2/c1-5-2-3-10-7(8(11)12)6(5)4-9/h2-3H,4H2,1H3,(H,11,12). The number of carboxylic acid groups (broad SMARTS) is 1. The second kappa shape index (κ2) is 3.67. The predicted octanol–water partition coefficient (Wildman–Crippen LogP) is 1.98. The van der Waals surface area contributed by atoms with E-state index in [1.54, 1.807) is 6.07 Å². The Morgan fingerprint density at radius 1 is 1.75 bits per heavy atom. The molecule has 12 heavy (non-hydrogen) atoms. The van der Waals surface area contributed by atoms with Gasteiger partial charge < -0.3 is 5.11 Å². The summed E-state index contributed by atoms with van der Waals surface area (Å²) in [5, 5.41) is 9.26. The van der Waals surface area contributed by atoms with E-state index in [1.807, 2.05) is 6.92 Å². The molecule has 0 saturated heterocycles. The minimum atomic E-state index is -0.979. The summed E-state index contributed by atoms with van der Waals surface area (Å²) in [6, 6.07) is 1.79. The predicted molar refractivity (Wildman–Crippen MR) is 48.6 cm³/mol. The molecular formula is C8H8BrNO2. The molecule has 0 spiro atoms. The number of carboxylic acids is 1. The van der Waals surface area contributed by atoms with Crippen LogP contribution < -0.4 is 0 Å². The van der Waals surface area contributed by atoms with Crippen LogP contribution in [0.25, 0.3) is 0 Å². The van der Waals surface area contributed by atoms with Gasteiger partial charge >= 0.3 is 5.97 Å². The average molecular weight is 230 g/mol. The quantitative estimate of drug-likeness (QED) is 0.790. The zero-order chi connectivity index (χ0) is 9.14. The molecule has 0 aromatic carbocycles. The number of nitrogens with zero attached hydrogens (tertiary/aromatic N) is 1. The van der Waals surface area contributed by atoms with Crippen molar-refractivity contribution < 1.29 is 9.90 Å². The van der Waals surface area contributed by atoms with Crippen molar-refractivity contribution in [2.75, 3.05) is 0 Å². The number of hydrogen-bond acceptors (Lipinski definition) is 2. The lowest BCUT2D eigenvalue weighted by molar-refractivity contribution is 0.0689. The molecule has 0 aliphatic heterocycles. The van der Waals surface area contributed by atoms with Gasteiger partial charge in [0.25, 0.3) is 0 Å². The number of pyridine rings is 1. The van der Waals surface area contributed by atoms with Crippen molar-refractivity contribution in [1.29, 1.82) is 0 Å². The van der Waals surface area contributed by atoms with Crippen molar-refractivity contribution in [3.63, 3.8) is 0 Å². The van der Waals surface area contributed by atoms with Crippen LogP contribution in [0.15, 0.2) is 12.3 Å². The highest BCUT2D eigenvalue weighted by atomic mass is 79.9. The molecule has 0 aliphatic carbocycles. The molecule has 0 unspecified atom stereocenters. The molecule has 3 nitrogen and oxygen atoms in total. The molecule has 1 rings (SSSR count). The van der Waals surface area contributed by atoms with E-state index >= 15 is 0 Å². The van der Waals surface area contributed by atoms with Crippen LogP contribution in [-0.2, 0) is 5.33 Å². The lowest BCUT2D eigenvalue weighted by Gasteiger charge is -2.03. The summed E-state index contributed by atoms with van der Waals surface area (Å²) in [4.78, 5) is 14.4. The number of aromatic carboxylic acids is 1. The topological polar surface area (TPSA) is 50.2 Å². The third-order valence-electron chi connectivity index (χ3n) is 1.63. The summed E-state index contributed by atoms with van der Waals surface area (Å²) in [5.41, 5.74) is 1.82. The van der Waals surface area contributed by atoms with Crippen molar-refractivity contribution in [3.8, 4) is 0 Å². The van der Waals surface area contributed by atoms with E-state index < -0.39 is 5.97 Å². The van der Waals surface area contributed by atoms with Crippen LogP contribution in [0.5, 0.6) is 0 Å². The van der Waals surface area contributed by atoms with Crippen molar-refractivity contribution in [1.82, 2.24) is 4.98 Å². The molecule has 0 fully saturated rings. The lowest BCUT2D eigenvalue weighted by atomic mass is 10.1. The normalized spacial score (nSPS) is 9.83. The van der Waals surface area contributed by atoms with Gasteiger partial charge in [0.1, 0.15) is 0 Å². The molecule has 1 aromatic heterocycles. The summed E-state index contributed by atoms with van der Waals surface area (Å²) in [6.45, 7) is 1.87. The molecule has 0 bridgehead atoms. The smallest absolute Gasteiger partial charge is 0.354 e. The Morgan fingerprint density at radius 2 is 2.42 bits per heavy atom. The SMILES string of the molecule is Cc1ccnc(C(=O)O)c1CBr. The van der Waals surface area contributed by atoms with Gasteiger partial charge in [0, 0.05) is 11.5 Å². The number of hydrogen-bond donors (Lipinski definition) is 1. The van der Waals surface area contributed by atoms with Crippen LogP contribution in [0.4, 0.5) is 0 Å². The van der Waals surface area contributed by atoms with E-state index in [0.29, 0.717) is 5.33 Å². The number of rotatable bonds is 2. The average Bonchev–Trinajstić information content (AvgIpc) is 2.03. The maximum absolute atomic E-state index is 10.6. The van der Waals surface area contributed by atoms with Gasteiger partial charge in [-0.1, -0.05) is 15.9 Å². The fraction of sp³-hybridized carbons (Fsp3) is 0.250. The molecule has 0 amide bonds. The molecule has 1 aromatic rings. The van der Waals surface area contributed by atoms with Crippen molar-refractivity contribution >= 4 is 21.9 Å². The monoisotopic (exact) mass is 229 g/mol. The number of aryl methyl sites for hydroxylation is 1. The number of halogens is 1. The number of carbonyl (C=O) groups is 1. The van der Waals surface area contributed by atoms with E-state index in [4.69, 9.17) is 5.11 Å². The Bertz CT molecular complexity index is 312.